The molecule has 0 bridgehead atoms. The van der Waals surface area contributed by atoms with Gasteiger partial charge < -0.3 is 34.6 Å². The van der Waals surface area contributed by atoms with Crippen LogP contribution in [0, 0.1) is 0 Å². The molecule has 2 aromatic heterocycles. The Morgan fingerprint density at radius 2 is 0.867 bits per heavy atom. The molecule has 0 aliphatic heterocycles. The van der Waals surface area contributed by atoms with Crippen LogP contribution in [0.15, 0.2) is 69.2 Å². The normalized spacial score (nSPS) is 12.5. The summed E-state index contributed by atoms with van der Waals surface area (Å²) in [7, 11) is 7.96. The molecule has 162 valence electrons. The molecule has 0 saturated carbocycles. The fourth-order valence-corrected chi connectivity index (χ4v) is 3.75. The van der Waals surface area contributed by atoms with Crippen LogP contribution in [0.3, 0.4) is 0 Å². The van der Waals surface area contributed by atoms with Gasteiger partial charge in [-0.2, -0.15) is 9.13 Å². The summed E-state index contributed by atoms with van der Waals surface area (Å²) in [5.41, 5.74) is 5.03. The highest BCUT2D eigenvalue weighted by Crippen LogP contribution is 2.47. The maximum absolute atomic E-state index is 6.19. The summed E-state index contributed by atoms with van der Waals surface area (Å²) >= 11 is 24.7. The standard InChI is InChI=1S/C20H20Cl4N4.2ClH/c1-25(2)13-5-9-27(10-6-13)17-15(19(21)22)16(20(23)24)18(17)28-11-7-14(8-12-28)26(3)4;;/h5-12H,1-4H3;2*1H/q+2;;/p-2. The lowest BCUT2D eigenvalue weighted by Gasteiger charge is -2.21. The minimum Gasteiger partial charge on any atom is -1.00 e. The largest absolute Gasteiger partial charge is 1.00 e. The number of allylic oxidation sites excluding steroid dienone is 4. The molecule has 0 N–H and O–H groups in total. The molecule has 0 fully saturated rings. The van der Waals surface area contributed by atoms with Gasteiger partial charge in [0.05, 0.1) is 0 Å². The molecule has 0 aromatic carbocycles. The van der Waals surface area contributed by atoms with E-state index in [1.165, 1.54) is 0 Å². The van der Waals surface area contributed by atoms with Crippen molar-refractivity contribution in [3.8, 4) is 0 Å². The van der Waals surface area contributed by atoms with Crippen molar-refractivity contribution < 1.29 is 33.9 Å². The first-order valence-electron chi connectivity index (χ1n) is 8.46. The molecule has 2 aromatic rings. The molecule has 0 amide bonds. The number of pyridine rings is 2. The van der Waals surface area contributed by atoms with Crippen LogP contribution < -0.4 is 43.7 Å². The Balaban J connectivity index is 0.00000225. The zero-order valence-electron chi connectivity index (χ0n) is 16.7. The van der Waals surface area contributed by atoms with Crippen molar-refractivity contribution >= 4 is 69.2 Å². The first-order chi connectivity index (χ1) is 13.2. The lowest BCUT2D eigenvalue weighted by Crippen LogP contribution is -3.00. The SMILES string of the molecule is CN(C)c1cc[n+](C2=C([n+]3ccc(N(C)C)cc3)C(=C(Cl)Cl)C2=C(Cl)Cl)cc1.[Cl-].[Cl-]. The van der Waals surface area contributed by atoms with Crippen molar-refractivity contribution in [2.75, 3.05) is 38.0 Å². The Kier molecular flexibility index (Phi) is 9.81. The van der Waals surface area contributed by atoms with Crippen LogP contribution in [0.25, 0.3) is 11.4 Å². The number of hydrogen-bond acceptors (Lipinski definition) is 2. The van der Waals surface area contributed by atoms with E-state index in [1.54, 1.807) is 0 Å². The van der Waals surface area contributed by atoms with Gasteiger partial charge in [-0.25, -0.2) is 0 Å². The van der Waals surface area contributed by atoms with Crippen LogP contribution in [0.1, 0.15) is 0 Å². The molecule has 0 spiro atoms. The van der Waals surface area contributed by atoms with E-state index < -0.39 is 0 Å². The molecule has 1 aliphatic rings. The number of hydrogen-bond donors (Lipinski definition) is 0. The van der Waals surface area contributed by atoms with E-state index in [-0.39, 0.29) is 33.8 Å². The van der Waals surface area contributed by atoms with Crippen LogP contribution in [-0.2, 0) is 0 Å². The third kappa shape index (κ3) is 5.18. The Labute approximate surface area is 209 Å². The monoisotopic (exact) mass is 526 g/mol. The van der Waals surface area contributed by atoms with Gasteiger partial charge in [-0.15, -0.1) is 0 Å². The molecular formula is C20H20Cl6N4. The van der Waals surface area contributed by atoms with Gasteiger partial charge in [-0.1, -0.05) is 46.4 Å². The average molecular weight is 529 g/mol. The molecule has 3 rings (SSSR count). The van der Waals surface area contributed by atoms with E-state index >= 15 is 0 Å². The van der Waals surface area contributed by atoms with Gasteiger partial charge in [-0.05, 0) is 0 Å². The summed E-state index contributed by atoms with van der Waals surface area (Å²) in [5.74, 6) is 0. The number of aromatic nitrogens is 2. The lowest BCUT2D eigenvalue weighted by atomic mass is 9.88. The fourth-order valence-electron chi connectivity index (χ4n) is 3.01. The highest BCUT2D eigenvalue weighted by atomic mass is 35.5. The third-order valence-corrected chi connectivity index (χ3v) is 5.25. The third-order valence-electron chi connectivity index (χ3n) is 4.50. The van der Waals surface area contributed by atoms with Crippen molar-refractivity contribution in [1.82, 2.24) is 0 Å². The molecule has 0 saturated heterocycles. The molecule has 1 aliphatic carbocycles. The van der Waals surface area contributed by atoms with E-state index in [4.69, 9.17) is 46.4 Å². The van der Waals surface area contributed by atoms with Crippen LogP contribution in [0.2, 0.25) is 0 Å². The van der Waals surface area contributed by atoms with Crippen LogP contribution in [0.4, 0.5) is 11.4 Å². The minimum atomic E-state index is 0. The zero-order chi connectivity index (χ0) is 20.6. The Bertz CT molecular complexity index is 903. The second-order valence-electron chi connectivity index (χ2n) is 6.68. The molecule has 2 heterocycles. The first-order valence-corrected chi connectivity index (χ1v) is 9.97. The fraction of sp³-hybridized carbons (Fsp3) is 0.200. The van der Waals surface area contributed by atoms with Gasteiger partial charge in [-0.3, -0.25) is 0 Å². The Hall–Kier alpha value is -1.14. The van der Waals surface area contributed by atoms with E-state index in [1.807, 2.05) is 96.2 Å². The van der Waals surface area contributed by atoms with Crippen molar-refractivity contribution in [2.24, 2.45) is 0 Å². The average Bonchev–Trinajstić information content (AvgIpc) is 2.61. The molecule has 0 radical (unpaired) electrons. The van der Waals surface area contributed by atoms with E-state index in [2.05, 4.69) is 0 Å². The maximum atomic E-state index is 6.19. The Morgan fingerprint density at radius 1 is 0.600 bits per heavy atom. The molecule has 10 heteroatoms. The van der Waals surface area contributed by atoms with Gasteiger partial charge >= 0.3 is 0 Å². The van der Waals surface area contributed by atoms with Crippen molar-refractivity contribution in [3.05, 3.63) is 69.2 Å². The molecule has 0 atom stereocenters. The Morgan fingerprint density at radius 3 is 1.07 bits per heavy atom. The molecule has 30 heavy (non-hydrogen) atoms. The second kappa shape index (κ2) is 10.9. The number of rotatable bonds is 4. The molecule has 4 nitrogen and oxygen atoms in total. The lowest BCUT2D eigenvalue weighted by molar-refractivity contribution is -0.611. The summed E-state index contributed by atoms with van der Waals surface area (Å²) in [6.07, 6.45) is 7.81. The predicted octanol–water partition coefficient (Wildman–Crippen LogP) is -1.38. The second-order valence-corrected chi connectivity index (χ2v) is 8.58. The predicted molar refractivity (Wildman–Crippen MR) is 119 cm³/mol. The van der Waals surface area contributed by atoms with Gasteiger partial charge in [0.2, 0.25) is 0 Å². The van der Waals surface area contributed by atoms with Crippen LogP contribution in [0.5, 0.6) is 0 Å². The number of anilines is 2. The van der Waals surface area contributed by atoms with E-state index in [9.17, 15) is 0 Å². The first kappa shape index (κ1) is 26.9. The summed E-state index contributed by atoms with van der Waals surface area (Å²) in [6.45, 7) is 0. The van der Waals surface area contributed by atoms with Gasteiger partial charge in [0.25, 0.3) is 11.4 Å². The summed E-state index contributed by atoms with van der Waals surface area (Å²) in [4.78, 5) is 4.06. The summed E-state index contributed by atoms with van der Waals surface area (Å²) in [5, 5.41) is 0. The van der Waals surface area contributed by atoms with Gasteiger partial charge in [0, 0.05) is 63.8 Å². The highest BCUT2D eigenvalue weighted by molar-refractivity contribution is 6.60. The van der Waals surface area contributed by atoms with E-state index in [0.29, 0.717) is 11.1 Å². The van der Waals surface area contributed by atoms with Crippen LogP contribution >= 0.6 is 46.4 Å². The van der Waals surface area contributed by atoms with Crippen molar-refractivity contribution in [1.29, 1.82) is 0 Å². The van der Waals surface area contributed by atoms with Crippen molar-refractivity contribution in [3.63, 3.8) is 0 Å². The smallest absolute Gasteiger partial charge is 0.294 e. The van der Waals surface area contributed by atoms with Gasteiger partial charge in [0.1, 0.15) is 20.1 Å². The van der Waals surface area contributed by atoms with Crippen LogP contribution in [-0.4, -0.2) is 28.2 Å². The van der Waals surface area contributed by atoms with E-state index in [0.717, 1.165) is 22.8 Å². The molecule has 0 unspecified atom stereocenters. The molecular weight excluding hydrogens is 509 g/mol. The maximum Gasteiger partial charge on any atom is 0.294 e. The topological polar surface area (TPSA) is 14.2 Å². The van der Waals surface area contributed by atoms with Crippen molar-refractivity contribution in [2.45, 2.75) is 0 Å². The quantitative estimate of drug-likeness (QED) is 0.454. The highest BCUT2D eigenvalue weighted by Gasteiger charge is 2.48. The number of nitrogens with zero attached hydrogens (tertiary/aromatic N) is 4. The zero-order valence-corrected chi connectivity index (χ0v) is 21.2. The van der Waals surface area contributed by atoms with Gasteiger partial charge in [0.15, 0.2) is 24.8 Å². The minimum absolute atomic E-state index is 0. The summed E-state index contributed by atoms with van der Waals surface area (Å²) in [6, 6.07) is 8.03. The number of halogens is 6. The summed E-state index contributed by atoms with van der Waals surface area (Å²) < 4.78 is 4.13.